The largest absolute Gasteiger partial charge is 0.366 e. The first kappa shape index (κ1) is 12.3. The zero-order valence-corrected chi connectivity index (χ0v) is 10.1. The first-order valence-electron chi connectivity index (χ1n) is 5.70. The Morgan fingerprint density at radius 3 is 2.94 bits per heavy atom. The molecule has 0 aliphatic rings. The smallest absolute Gasteiger partial charge is 0.248 e. The van der Waals surface area contributed by atoms with E-state index in [4.69, 9.17) is 5.73 Å². The molecule has 2 aromatic rings. The van der Waals surface area contributed by atoms with E-state index in [2.05, 4.69) is 4.98 Å². The highest BCUT2D eigenvalue weighted by Gasteiger charge is 2.09. The Morgan fingerprint density at radius 2 is 2.28 bits per heavy atom. The third-order valence-corrected chi connectivity index (χ3v) is 2.79. The first-order valence-corrected chi connectivity index (χ1v) is 5.70. The molecule has 0 saturated heterocycles. The summed E-state index contributed by atoms with van der Waals surface area (Å²) in [5.74, 6) is -0.0350. The summed E-state index contributed by atoms with van der Waals surface area (Å²) in [6.45, 7) is 2.32. The van der Waals surface area contributed by atoms with Crippen molar-refractivity contribution < 1.29 is 9.18 Å². The lowest BCUT2D eigenvalue weighted by atomic mass is 10.1. The van der Waals surface area contributed by atoms with Crippen molar-refractivity contribution in [3.05, 3.63) is 53.4 Å². The van der Waals surface area contributed by atoms with E-state index in [1.165, 1.54) is 18.2 Å². The second-order valence-electron chi connectivity index (χ2n) is 4.00. The van der Waals surface area contributed by atoms with Gasteiger partial charge < -0.3 is 10.3 Å². The van der Waals surface area contributed by atoms with Crippen LogP contribution in [0.4, 0.5) is 4.39 Å². The van der Waals surface area contributed by atoms with Gasteiger partial charge in [0.25, 0.3) is 0 Å². The van der Waals surface area contributed by atoms with Crippen molar-refractivity contribution in [2.45, 2.75) is 19.9 Å². The number of carbonyl (C=O) groups excluding carboxylic acids is 1. The lowest BCUT2D eigenvalue weighted by Gasteiger charge is -2.08. The molecule has 1 heterocycles. The third kappa shape index (κ3) is 2.40. The van der Waals surface area contributed by atoms with E-state index in [0.717, 1.165) is 12.2 Å². The number of amides is 1. The molecule has 2 rings (SSSR count). The molecule has 1 aromatic carbocycles. The van der Waals surface area contributed by atoms with Gasteiger partial charge in [0.05, 0.1) is 6.54 Å². The maximum atomic E-state index is 13.7. The molecule has 1 aromatic heterocycles. The molecule has 2 N–H and O–H groups in total. The highest BCUT2D eigenvalue weighted by Crippen LogP contribution is 2.13. The zero-order chi connectivity index (χ0) is 13.1. The number of hydrogen-bond donors (Lipinski definition) is 1. The van der Waals surface area contributed by atoms with E-state index in [9.17, 15) is 9.18 Å². The van der Waals surface area contributed by atoms with Gasteiger partial charge in [-0.2, -0.15) is 0 Å². The molecule has 0 bridgehead atoms. The van der Waals surface area contributed by atoms with Crippen LogP contribution in [0.15, 0.2) is 30.6 Å². The normalized spacial score (nSPS) is 10.6. The number of halogens is 1. The molecule has 0 aliphatic carbocycles. The average molecular weight is 247 g/mol. The summed E-state index contributed by atoms with van der Waals surface area (Å²) in [4.78, 5) is 15.2. The molecule has 1 amide bonds. The van der Waals surface area contributed by atoms with Gasteiger partial charge in [-0.3, -0.25) is 4.79 Å². The standard InChI is InChI=1S/C13H14FN3O/c1-2-12-16-5-6-17(12)8-10-7-9(13(15)18)3-4-11(10)14/h3-7H,2,8H2,1H3,(H2,15,18). The predicted octanol–water partition coefficient (Wildman–Crippen LogP) is 1.73. The molecule has 0 spiro atoms. The molecule has 94 valence electrons. The molecule has 0 unspecified atom stereocenters. The molecule has 18 heavy (non-hydrogen) atoms. The molecule has 0 atom stereocenters. The van der Waals surface area contributed by atoms with Crippen LogP contribution < -0.4 is 5.73 Å². The number of aryl methyl sites for hydroxylation is 1. The van der Waals surface area contributed by atoms with Crippen molar-refractivity contribution in [3.63, 3.8) is 0 Å². The molecule has 0 fully saturated rings. The fourth-order valence-corrected chi connectivity index (χ4v) is 1.83. The Labute approximate surface area is 104 Å². The number of primary amides is 1. The fraction of sp³-hybridized carbons (Fsp3) is 0.231. The van der Waals surface area contributed by atoms with Crippen molar-refractivity contribution >= 4 is 5.91 Å². The second kappa shape index (κ2) is 5.00. The third-order valence-electron chi connectivity index (χ3n) is 2.79. The van der Waals surface area contributed by atoms with E-state index >= 15 is 0 Å². The summed E-state index contributed by atoms with van der Waals surface area (Å²) in [7, 11) is 0. The monoisotopic (exact) mass is 247 g/mol. The predicted molar refractivity (Wildman–Crippen MR) is 65.6 cm³/mol. The summed E-state index contributed by atoms with van der Waals surface area (Å²) in [5, 5.41) is 0. The van der Waals surface area contributed by atoms with E-state index in [0.29, 0.717) is 17.7 Å². The van der Waals surface area contributed by atoms with Crippen LogP contribution in [-0.4, -0.2) is 15.5 Å². The van der Waals surface area contributed by atoms with E-state index in [1.807, 2.05) is 11.5 Å². The SMILES string of the molecule is CCc1nccn1Cc1cc(C(N)=O)ccc1F. The summed E-state index contributed by atoms with van der Waals surface area (Å²) in [5.41, 5.74) is 5.92. The summed E-state index contributed by atoms with van der Waals surface area (Å²) >= 11 is 0. The van der Waals surface area contributed by atoms with Crippen LogP contribution in [0.2, 0.25) is 0 Å². The van der Waals surface area contributed by atoms with Gasteiger partial charge in [-0.15, -0.1) is 0 Å². The van der Waals surface area contributed by atoms with Crippen molar-refractivity contribution in [1.82, 2.24) is 9.55 Å². The second-order valence-corrected chi connectivity index (χ2v) is 4.00. The number of aromatic nitrogens is 2. The lowest BCUT2D eigenvalue weighted by molar-refractivity contribution is 0.1000. The maximum Gasteiger partial charge on any atom is 0.248 e. The average Bonchev–Trinajstić information content (AvgIpc) is 2.79. The number of carbonyl (C=O) groups is 1. The molecule has 0 aliphatic heterocycles. The Balaban J connectivity index is 2.33. The van der Waals surface area contributed by atoms with Gasteiger partial charge in [0.1, 0.15) is 11.6 Å². The van der Waals surface area contributed by atoms with Crippen LogP contribution in [0.1, 0.15) is 28.7 Å². The van der Waals surface area contributed by atoms with Crippen LogP contribution in [-0.2, 0) is 13.0 Å². The molecule has 0 saturated carbocycles. The Hall–Kier alpha value is -2.17. The summed E-state index contributed by atoms with van der Waals surface area (Å²) in [6, 6.07) is 4.13. The highest BCUT2D eigenvalue weighted by atomic mass is 19.1. The van der Waals surface area contributed by atoms with Gasteiger partial charge in [0.2, 0.25) is 5.91 Å². The van der Waals surface area contributed by atoms with Crippen molar-refractivity contribution in [2.75, 3.05) is 0 Å². The number of benzene rings is 1. The Kier molecular flexibility index (Phi) is 3.41. The molecular formula is C13H14FN3O. The minimum Gasteiger partial charge on any atom is -0.366 e. The quantitative estimate of drug-likeness (QED) is 0.894. The molecule has 0 radical (unpaired) electrons. The van der Waals surface area contributed by atoms with Crippen LogP contribution in [0.3, 0.4) is 0 Å². The molecular weight excluding hydrogens is 233 g/mol. The van der Waals surface area contributed by atoms with Crippen molar-refractivity contribution in [1.29, 1.82) is 0 Å². The fourth-order valence-electron chi connectivity index (χ4n) is 1.83. The van der Waals surface area contributed by atoms with Crippen LogP contribution in [0, 0.1) is 5.82 Å². The van der Waals surface area contributed by atoms with Crippen molar-refractivity contribution in [3.8, 4) is 0 Å². The minimum atomic E-state index is -0.558. The minimum absolute atomic E-state index is 0.310. The van der Waals surface area contributed by atoms with Crippen LogP contribution >= 0.6 is 0 Å². The van der Waals surface area contributed by atoms with E-state index in [1.54, 1.807) is 12.4 Å². The lowest BCUT2D eigenvalue weighted by Crippen LogP contribution is -2.12. The van der Waals surface area contributed by atoms with Gasteiger partial charge in [-0.05, 0) is 18.2 Å². The van der Waals surface area contributed by atoms with E-state index in [-0.39, 0.29) is 5.82 Å². The Morgan fingerprint density at radius 1 is 1.50 bits per heavy atom. The maximum absolute atomic E-state index is 13.7. The summed E-state index contributed by atoms with van der Waals surface area (Å²) in [6.07, 6.45) is 4.23. The number of rotatable bonds is 4. The topological polar surface area (TPSA) is 60.9 Å². The van der Waals surface area contributed by atoms with Crippen LogP contribution in [0.5, 0.6) is 0 Å². The highest BCUT2D eigenvalue weighted by molar-refractivity contribution is 5.92. The van der Waals surface area contributed by atoms with Gasteiger partial charge >= 0.3 is 0 Å². The number of nitrogens with zero attached hydrogens (tertiary/aromatic N) is 2. The van der Waals surface area contributed by atoms with Gasteiger partial charge in [-0.1, -0.05) is 6.92 Å². The number of nitrogens with two attached hydrogens (primary N) is 1. The van der Waals surface area contributed by atoms with Crippen LogP contribution in [0.25, 0.3) is 0 Å². The van der Waals surface area contributed by atoms with E-state index < -0.39 is 5.91 Å². The van der Waals surface area contributed by atoms with Gasteiger partial charge in [-0.25, -0.2) is 9.37 Å². The van der Waals surface area contributed by atoms with Crippen molar-refractivity contribution in [2.24, 2.45) is 5.73 Å². The first-order chi connectivity index (χ1) is 8.61. The number of hydrogen-bond acceptors (Lipinski definition) is 2. The van der Waals surface area contributed by atoms with Gasteiger partial charge in [0, 0.05) is 29.9 Å². The zero-order valence-electron chi connectivity index (χ0n) is 10.1. The summed E-state index contributed by atoms with van der Waals surface area (Å²) < 4.78 is 15.5. The van der Waals surface area contributed by atoms with Gasteiger partial charge in [0.15, 0.2) is 0 Å². The molecule has 4 nitrogen and oxygen atoms in total. The number of imidazole rings is 1. The Bertz CT molecular complexity index is 577. The molecule has 5 heteroatoms.